The number of aliphatic hydroxyl groups excluding tert-OH is 1. The smallest absolute Gasteiger partial charge is 0.337 e. The summed E-state index contributed by atoms with van der Waals surface area (Å²) in [6.07, 6.45) is -2.27. The zero-order valence-corrected chi connectivity index (χ0v) is 7.55. The molecule has 8 heteroatoms. The van der Waals surface area contributed by atoms with Crippen LogP contribution in [0.1, 0.15) is 11.7 Å². The Labute approximate surface area is 86.9 Å². The van der Waals surface area contributed by atoms with Crippen molar-refractivity contribution in [1.29, 1.82) is 0 Å². The molecule has 1 rings (SSSR count). The van der Waals surface area contributed by atoms with Crippen LogP contribution in [0.25, 0.3) is 0 Å². The fourth-order valence-electron chi connectivity index (χ4n) is 1.03. The van der Waals surface area contributed by atoms with Crippen molar-refractivity contribution in [3.8, 4) is 0 Å². The van der Waals surface area contributed by atoms with Gasteiger partial charge in [-0.2, -0.15) is 4.39 Å². The van der Waals surface area contributed by atoms with Crippen LogP contribution in [-0.2, 0) is 4.79 Å². The second-order valence-corrected chi connectivity index (χ2v) is 2.82. The molecule has 0 aliphatic heterocycles. The van der Waals surface area contributed by atoms with Crippen molar-refractivity contribution < 1.29 is 28.7 Å². The van der Waals surface area contributed by atoms with Gasteiger partial charge in [0.1, 0.15) is 5.82 Å². The van der Waals surface area contributed by atoms with E-state index >= 15 is 0 Å². The highest BCUT2D eigenvalue weighted by molar-refractivity contribution is 5.74. The third-order valence-electron chi connectivity index (χ3n) is 1.79. The van der Waals surface area contributed by atoms with E-state index in [2.05, 4.69) is 0 Å². The number of carbonyl (C=O) groups is 1. The molecule has 0 spiro atoms. The molecule has 6 nitrogen and oxygen atoms in total. The van der Waals surface area contributed by atoms with Crippen molar-refractivity contribution in [3.05, 3.63) is 39.4 Å². The number of rotatable bonds is 3. The van der Waals surface area contributed by atoms with Gasteiger partial charge in [-0.25, -0.2) is 9.18 Å². The van der Waals surface area contributed by atoms with Gasteiger partial charge >= 0.3 is 11.7 Å². The molecule has 0 fully saturated rings. The first kappa shape index (κ1) is 12.0. The third kappa shape index (κ3) is 2.11. The van der Waals surface area contributed by atoms with Gasteiger partial charge in [-0.3, -0.25) is 10.1 Å². The summed E-state index contributed by atoms with van der Waals surface area (Å²) in [5, 5.41) is 27.5. The fraction of sp³-hybridized carbons (Fsp3) is 0.125. The molecule has 0 aliphatic carbocycles. The Kier molecular flexibility index (Phi) is 3.14. The van der Waals surface area contributed by atoms with Gasteiger partial charge in [0.05, 0.1) is 11.0 Å². The number of carboxylic acids is 1. The van der Waals surface area contributed by atoms with E-state index in [9.17, 15) is 23.7 Å². The number of aliphatic hydroxyl groups is 1. The Hall–Kier alpha value is -2.09. The van der Waals surface area contributed by atoms with E-state index < -0.39 is 39.9 Å². The highest BCUT2D eigenvalue weighted by Gasteiger charge is 2.25. The summed E-state index contributed by atoms with van der Waals surface area (Å²) in [7, 11) is 0. The molecule has 1 atom stereocenters. The summed E-state index contributed by atoms with van der Waals surface area (Å²) < 4.78 is 26.1. The summed E-state index contributed by atoms with van der Waals surface area (Å²) >= 11 is 0. The van der Waals surface area contributed by atoms with Gasteiger partial charge in [-0.1, -0.05) is 0 Å². The molecule has 0 aliphatic rings. The number of hydrogen-bond donors (Lipinski definition) is 2. The third-order valence-corrected chi connectivity index (χ3v) is 1.79. The Balaban J connectivity index is 3.31. The topological polar surface area (TPSA) is 101 Å². The molecule has 0 radical (unpaired) electrons. The minimum atomic E-state index is -2.27. The van der Waals surface area contributed by atoms with E-state index in [0.29, 0.717) is 0 Å². The summed E-state index contributed by atoms with van der Waals surface area (Å²) in [6.45, 7) is 0. The molecule has 0 bridgehead atoms. The summed E-state index contributed by atoms with van der Waals surface area (Å²) in [6, 6.07) is 0.503. The molecule has 86 valence electrons. The average Bonchev–Trinajstić information content (AvgIpc) is 2.19. The number of benzene rings is 1. The number of hydrogen-bond acceptors (Lipinski definition) is 4. The summed E-state index contributed by atoms with van der Waals surface area (Å²) in [4.78, 5) is 19.4. The van der Waals surface area contributed by atoms with Crippen LogP contribution in [0.2, 0.25) is 0 Å². The van der Waals surface area contributed by atoms with Crippen molar-refractivity contribution in [3.63, 3.8) is 0 Å². The van der Waals surface area contributed by atoms with Crippen molar-refractivity contribution in [2.24, 2.45) is 0 Å². The van der Waals surface area contributed by atoms with Gasteiger partial charge in [0.2, 0.25) is 5.82 Å². The number of halogens is 2. The second kappa shape index (κ2) is 4.19. The number of nitro benzene ring substituents is 1. The molecular formula is C8H5F2NO5. The van der Waals surface area contributed by atoms with Crippen LogP contribution in [-0.4, -0.2) is 21.1 Å². The molecule has 2 N–H and O–H groups in total. The van der Waals surface area contributed by atoms with Crippen LogP contribution in [0, 0.1) is 21.7 Å². The normalized spacial score (nSPS) is 12.2. The van der Waals surface area contributed by atoms with Crippen molar-refractivity contribution >= 4 is 11.7 Å². The highest BCUT2D eigenvalue weighted by atomic mass is 19.1. The Morgan fingerprint density at radius 1 is 1.38 bits per heavy atom. The Morgan fingerprint density at radius 2 is 1.94 bits per heavy atom. The maximum absolute atomic E-state index is 13.1. The van der Waals surface area contributed by atoms with E-state index in [1.165, 1.54) is 0 Å². The second-order valence-electron chi connectivity index (χ2n) is 2.82. The first-order chi connectivity index (χ1) is 7.34. The van der Waals surface area contributed by atoms with Crippen LogP contribution >= 0.6 is 0 Å². The maximum atomic E-state index is 13.1. The van der Waals surface area contributed by atoms with E-state index in [1.54, 1.807) is 0 Å². The van der Waals surface area contributed by atoms with Crippen molar-refractivity contribution in [2.45, 2.75) is 6.10 Å². The van der Waals surface area contributed by atoms with E-state index in [4.69, 9.17) is 10.2 Å². The lowest BCUT2D eigenvalue weighted by atomic mass is 10.1. The predicted octanol–water partition coefficient (Wildman–Crippen LogP) is 0.991. The van der Waals surface area contributed by atoms with Crippen LogP contribution in [0.5, 0.6) is 0 Å². The van der Waals surface area contributed by atoms with Crippen LogP contribution in [0.3, 0.4) is 0 Å². The minimum absolute atomic E-state index is 0.219. The number of nitrogens with zero attached hydrogens (tertiary/aromatic N) is 1. The first-order valence-electron chi connectivity index (χ1n) is 3.88. The lowest BCUT2D eigenvalue weighted by Gasteiger charge is -2.07. The SMILES string of the molecule is O=C(O)C(O)c1cc(F)c([N+](=O)[O-])cc1F. The summed E-state index contributed by atoms with van der Waals surface area (Å²) in [5.41, 5.74) is -1.99. The van der Waals surface area contributed by atoms with Crippen LogP contribution in [0.15, 0.2) is 12.1 Å². The molecule has 0 heterocycles. The predicted molar refractivity (Wildman–Crippen MR) is 45.6 cm³/mol. The fourth-order valence-corrected chi connectivity index (χ4v) is 1.03. The summed E-state index contributed by atoms with van der Waals surface area (Å²) in [5.74, 6) is -4.56. The van der Waals surface area contributed by atoms with Gasteiger partial charge in [-0.15, -0.1) is 0 Å². The maximum Gasteiger partial charge on any atom is 0.337 e. The largest absolute Gasteiger partial charge is 0.479 e. The van der Waals surface area contributed by atoms with Crippen LogP contribution in [0.4, 0.5) is 14.5 Å². The molecule has 1 aromatic rings. The lowest BCUT2D eigenvalue weighted by molar-refractivity contribution is -0.387. The molecule has 1 unspecified atom stereocenters. The van der Waals surface area contributed by atoms with Gasteiger partial charge in [-0.05, 0) is 6.07 Å². The number of aliphatic carboxylic acids is 1. The van der Waals surface area contributed by atoms with E-state index in [1.807, 2.05) is 0 Å². The van der Waals surface area contributed by atoms with Crippen LogP contribution < -0.4 is 0 Å². The quantitative estimate of drug-likeness (QED) is 0.598. The average molecular weight is 233 g/mol. The highest BCUT2D eigenvalue weighted by Crippen LogP contribution is 2.25. The number of carboxylic acid groups (broad SMARTS) is 1. The zero-order valence-electron chi connectivity index (χ0n) is 7.55. The van der Waals surface area contributed by atoms with Gasteiger partial charge in [0, 0.05) is 5.56 Å². The molecule has 0 amide bonds. The first-order valence-corrected chi connectivity index (χ1v) is 3.88. The zero-order chi connectivity index (χ0) is 12.5. The minimum Gasteiger partial charge on any atom is -0.479 e. The van der Waals surface area contributed by atoms with E-state index in [0.717, 1.165) is 0 Å². The molecule has 0 saturated carbocycles. The lowest BCUT2D eigenvalue weighted by Crippen LogP contribution is -2.13. The number of nitro groups is 1. The molecule has 0 aromatic heterocycles. The van der Waals surface area contributed by atoms with Gasteiger partial charge in [0.15, 0.2) is 6.10 Å². The van der Waals surface area contributed by atoms with Gasteiger partial charge in [0.25, 0.3) is 0 Å². The van der Waals surface area contributed by atoms with Crippen molar-refractivity contribution in [1.82, 2.24) is 0 Å². The molecule has 0 saturated heterocycles. The standard InChI is InChI=1S/C8H5F2NO5/c9-4-2-6(11(15)16)5(10)1-3(4)7(12)8(13)14/h1-2,7,12H,(H,13,14). The molecule has 1 aromatic carbocycles. The Bertz CT molecular complexity index is 462. The molecular weight excluding hydrogens is 228 g/mol. The monoisotopic (exact) mass is 233 g/mol. The van der Waals surface area contributed by atoms with Crippen molar-refractivity contribution in [2.75, 3.05) is 0 Å². The Morgan fingerprint density at radius 3 is 2.38 bits per heavy atom. The van der Waals surface area contributed by atoms with E-state index in [-0.39, 0.29) is 12.1 Å². The van der Waals surface area contributed by atoms with Gasteiger partial charge < -0.3 is 10.2 Å². The molecule has 16 heavy (non-hydrogen) atoms.